The average molecular weight is 220 g/mol. The molecule has 1 unspecified atom stereocenters. The lowest BCUT2D eigenvalue weighted by molar-refractivity contribution is -0.137. The molecule has 0 saturated heterocycles. The van der Waals surface area contributed by atoms with Crippen LogP contribution in [0.4, 0.5) is 0 Å². The first-order chi connectivity index (χ1) is 7.54. The lowest BCUT2D eigenvalue weighted by atomic mass is 10.3. The van der Waals surface area contributed by atoms with E-state index < -0.39 is 5.97 Å². The van der Waals surface area contributed by atoms with E-state index in [9.17, 15) is 9.59 Å². The van der Waals surface area contributed by atoms with Crippen LogP contribution in [0.25, 0.3) is 0 Å². The molecule has 0 spiro atoms. The van der Waals surface area contributed by atoms with E-state index in [1.807, 2.05) is 0 Å². The molecule has 84 valence electrons. The summed E-state index contributed by atoms with van der Waals surface area (Å²) in [4.78, 5) is 22.2. The normalized spacial score (nSPS) is 11.5. The fraction of sp³-hybridized carbons (Fsp3) is 0.273. The summed E-state index contributed by atoms with van der Waals surface area (Å²) in [7, 11) is 0. The first kappa shape index (κ1) is 11.9. The Hall–Kier alpha value is -2.22. The summed E-state index contributed by atoms with van der Waals surface area (Å²) in [6.07, 6.45) is 6.66. The van der Waals surface area contributed by atoms with Gasteiger partial charge in [-0.15, -0.1) is 6.42 Å². The van der Waals surface area contributed by atoms with Crippen LogP contribution in [-0.4, -0.2) is 27.6 Å². The second-order valence-corrected chi connectivity index (χ2v) is 3.28. The van der Waals surface area contributed by atoms with Gasteiger partial charge in [0.1, 0.15) is 12.2 Å². The number of hydrogen-bond acceptors (Lipinski definition) is 2. The minimum absolute atomic E-state index is 0.250. The molecular weight excluding hydrogens is 208 g/mol. The van der Waals surface area contributed by atoms with Crippen molar-refractivity contribution in [3.8, 4) is 12.3 Å². The molecule has 1 atom stereocenters. The molecular formula is C11H12N2O3. The maximum atomic E-state index is 11.7. The predicted molar refractivity (Wildman–Crippen MR) is 57.8 cm³/mol. The third-order valence-corrected chi connectivity index (χ3v) is 1.97. The molecule has 5 heteroatoms. The van der Waals surface area contributed by atoms with Crippen LogP contribution in [-0.2, 0) is 11.3 Å². The maximum Gasteiger partial charge on any atom is 0.323 e. The molecule has 0 saturated carbocycles. The molecule has 0 radical (unpaired) electrons. The molecule has 0 bridgehead atoms. The number of terminal acetylenes is 1. The zero-order chi connectivity index (χ0) is 12.1. The molecule has 0 fully saturated rings. The highest BCUT2D eigenvalue weighted by atomic mass is 16.4. The topological polar surface area (TPSA) is 71.3 Å². The van der Waals surface area contributed by atoms with Crippen molar-refractivity contribution in [3.63, 3.8) is 0 Å². The molecule has 1 amide bonds. The van der Waals surface area contributed by atoms with Crippen LogP contribution in [0.5, 0.6) is 0 Å². The molecule has 0 aliphatic heterocycles. The van der Waals surface area contributed by atoms with E-state index in [0.717, 1.165) is 0 Å². The zero-order valence-electron chi connectivity index (χ0n) is 8.80. The quantitative estimate of drug-likeness (QED) is 0.718. The summed E-state index contributed by atoms with van der Waals surface area (Å²) in [5.41, 5.74) is 0.282. The Bertz CT molecular complexity index is 442. The Morgan fingerprint density at radius 3 is 2.94 bits per heavy atom. The summed E-state index contributed by atoms with van der Waals surface area (Å²) < 4.78 is 1.35. The molecule has 0 aliphatic rings. The Kier molecular flexibility index (Phi) is 3.72. The van der Waals surface area contributed by atoms with Crippen molar-refractivity contribution in [1.29, 1.82) is 0 Å². The summed E-state index contributed by atoms with van der Waals surface area (Å²) in [5.74, 6) is 0.978. The van der Waals surface area contributed by atoms with Crippen LogP contribution in [0.3, 0.4) is 0 Å². The molecule has 1 aromatic heterocycles. The lowest BCUT2D eigenvalue weighted by Crippen LogP contribution is -2.33. The maximum absolute atomic E-state index is 11.7. The predicted octanol–water partition coefficient (Wildman–Crippen LogP) is 0.324. The van der Waals surface area contributed by atoms with Crippen LogP contribution in [0.1, 0.15) is 17.4 Å². The number of carbonyl (C=O) groups is 2. The van der Waals surface area contributed by atoms with Crippen LogP contribution in [0.15, 0.2) is 18.3 Å². The molecule has 0 aliphatic carbocycles. The number of hydrogen-bond donors (Lipinski definition) is 2. The fourth-order valence-electron chi connectivity index (χ4n) is 1.22. The number of aromatic nitrogens is 1. The lowest BCUT2D eigenvalue weighted by Gasteiger charge is -2.09. The van der Waals surface area contributed by atoms with Gasteiger partial charge in [-0.05, 0) is 19.1 Å². The molecule has 5 nitrogen and oxygen atoms in total. The van der Waals surface area contributed by atoms with Crippen LogP contribution in [0.2, 0.25) is 0 Å². The highest BCUT2D eigenvalue weighted by Gasteiger charge is 2.13. The van der Waals surface area contributed by atoms with Gasteiger partial charge in [-0.1, -0.05) is 5.92 Å². The fourth-order valence-corrected chi connectivity index (χ4v) is 1.22. The number of rotatable bonds is 4. The minimum atomic E-state index is -1.00. The number of nitrogens with one attached hydrogen (secondary N) is 1. The molecule has 1 aromatic rings. The van der Waals surface area contributed by atoms with E-state index in [2.05, 4.69) is 11.2 Å². The van der Waals surface area contributed by atoms with Crippen molar-refractivity contribution in [2.24, 2.45) is 0 Å². The van der Waals surface area contributed by atoms with Gasteiger partial charge in [0.25, 0.3) is 5.91 Å². The largest absolute Gasteiger partial charge is 0.480 e. The summed E-state index contributed by atoms with van der Waals surface area (Å²) in [5, 5.41) is 11.2. The van der Waals surface area contributed by atoms with Crippen molar-refractivity contribution >= 4 is 11.9 Å². The first-order valence-corrected chi connectivity index (χ1v) is 4.68. The average Bonchev–Trinajstić information content (AvgIpc) is 2.64. The summed E-state index contributed by atoms with van der Waals surface area (Å²) >= 11 is 0. The Morgan fingerprint density at radius 2 is 2.38 bits per heavy atom. The van der Waals surface area contributed by atoms with Gasteiger partial charge in [-0.25, -0.2) is 0 Å². The highest BCUT2D eigenvalue weighted by molar-refractivity contribution is 5.93. The standard InChI is InChI=1S/C11H12N2O3/c1-3-8(2)12-11(16)9-5-4-6-13(9)7-10(14)15/h1,4-6,8H,7H2,2H3,(H,12,16)(H,14,15). The first-order valence-electron chi connectivity index (χ1n) is 4.68. The van der Waals surface area contributed by atoms with Gasteiger partial charge in [-0.2, -0.15) is 0 Å². The number of aliphatic carboxylic acids is 1. The summed E-state index contributed by atoms with van der Waals surface area (Å²) in [6, 6.07) is 2.76. The van der Waals surface area contributed by atoms with Crippen LogP contribution < -0.4 is 5.32 Å². The van der Waals surface area contributed by atoms with E-state index in [1.165, 1.54) is 10.8 Å². The second kappa shape index (κ2) is 5.03. The molecule has 2 N–H and O–H groups in total. The Morgan fingerprint density at radius 1 is 1.69 bits per heavy atom. The van der Waals surface area contributed by atoms with Gasteiger partial charge < -0.3 is 15.0 Å². The second-order valence-electron chi connectivity index (χ2n) is 3.28. The van der Waals surface area contributed by atoms with Gasteiger partial charge in [-0.3, -0.25) is 9.59 Å². The number of carboxylic acid groups (broad SMARTS) is 1. The molecule has 16 heavy (non-hydrogen) atoms. The van der Waals surface area contributed by atoms with E-state index in [1.54, 1.807) is 19.1 Å². The van der Waals surface area contributed by atoms with E-state index in [0.29, 0.717) is 0 Å². The Balaban J connectivity index is 2.80. The summed E-state index contributed by atoms with van der Waals surface area (Å²) in [6.45, 7) is 1.42. The smallest absolute Gasteiger partial charge is 0.323 e. The molecule has 0 aromatic carbocycles. The van der Waals surface area contributed by atoms with E-state index in [-0.39, 0.29) is 24.2 Å². The SMILES string of the molecule is C#CC(C)NC(=O)c1cccn1CC(=O)O. The number of carbonyl (C=O) groups excluding carboxylic acids is 1. The van der Waals surface area contributed by atoms with Crippen molar-refractivity contribution in [2.75, 3.05) is 0 Å². The van der Waals surface area contributed by atoms with Crippen molar-refractivity contribution in [1.82, 2.24) is 9.88 Å². The number of carboxylic acids is 1. The van der Waals surface area contributed by atoms with E-state index >= 15 is 0 Å². The van der Waals surface area contributed by atoms with Crippen molar-refractivity contribution < 1.29 is 14.7 Å². The minimum Gasteiger partial charge on any atom is -0.480 e. The third-order valence-electron chi connectivity index (χ3n) is 1.97. The van der Waals surface area contributed by atoms with Gasteiger partial charge >= 0.3 is 5.97 Å². The number of amides is 1. The zero-order valence-corrected chi connectivity index (χ0v) is 8.80. The number of nitrogens with zero attached hydrogens (tertiary/aromatic N) is 1. The van der Waals surface area contributed by atoms with Gasteiger partial charge in [0.05, 0.1) is 6.04 Å². The van der Waals surface area contributed by atoms with Gasteiger partial charge in [0.15, 0.2) is 0 Å². The highest BCUT2D eigenvalue weighted by Crippen LogP contribution is 2.02. The van der Waals surface area contributed by atoms with Gasteiger partial charge in [0, 0.05) is 6.20 Å². The van der Waals surface area contributed by atoms with Crippen molar-refractivity contribution in [3.05, 3.63) is 24.0 Å². The monoisotopic (exact) mass is 220 g/mol. The molecule has 1 rings (SSSR count). The van der Waals surface area contributed by atoms with Crippen LogP contribution >= 0.6 is 0 Å². The molecule has 1 heterocycles. The van der Waals surface area contributed by atoms with Crippen LogP contribution in [0, 0.1) is 12.3 Å². The van der Waals surface area contributed by atoms with Crippen molar-refractivity contribution in [2.45, 2.75) is 19.5 Å². The van der Waals surface area contributed by atoms with Gasteiger partial charge in [0.2, 0.25) is 0 Å². The third kappa shape index (κ3) is 2.89. The van der Waals surface area contributed by atoms with E-state index in [4.69, 9.17) is 11.5 Å². The Labute approximate surface area is 93.1 Å².